The molecular weight excluding hydrogens is 280 g/mol. The second kappa shape index (κ2) is 6.79. The number of nitrogens with one attached hydrogen (secondary N) is 1. The number of rotatable bonds is 5. The van der Waals surface area contributed by atoms with Crippen LogP contribution in [0.5, 0.6) is 0 Å². The van der Waals surface area contributed by atoms with Crippen LogP contribution in [-0.4, -0.2) is 34.9 Å². The molecule has 6 nitrogen and oxygen atoms in total. The minimum Gasteiger partial charge on any atom is -0.396 e. The van der Waals surface area contributed by atoms with Gasteiger partial charge in [0.15, 0.2) is 5.82 Å². The second-order valence-corrected chi connectivity index (χ2v) is 5.72. The number of hydrogen-bond acceptors (Lipinski definition) is 6. The molecule has 1 aromatic carbocycles. The Labute approximate surface area is 130 Å². The van der Waals surface area contributed by atoms with E-state index in [1.807, 2.05) is 13.0 Å². The van der Waals surface area contributed by atoms with Gasteiger partial charge in [0.1, 0.15) is 0 Å². The molecule has 6 heteroatoms. The zero-order valence-corrected chi connectivity index (χ0v) is 12.8. The van der Waals surface area contributed by atoms with Gasteiger partial charge >= 0.3 is 0 Å². The summed E-state index contributed by atoms with van der Waals surface area (Å²) in [7, 11) is 0. The standard InChI is InChI=1S/C16H22N4O2/c1-12-18-16(22-19-12)10-17-14-4-2-3-5-15(14)20-8-6-13(11-21)7-9-20/h2-5,13,17,21H,6-11H2,1H3. The highest BCUT2D eigenvalue weighted by atomic mass is 16.5. The first-order valence-corrected chi connectivity index (χ1v) is 7.74. The lowest BCUT2D eigenvalue weighted by Crippen LogP contribution is -2.35. The predicted molar refractivity (Wildman–Crippen MR) is 84.8 cm³/mol. The number of aliphatic hydroxyl groups is 1. The quantitative estimate of drug-likeness (QED) is 0.882. The molecule has 0 spiro atoms. The third-order valence-corrected chi connectivity index (χ3v) is 4.12. The molecular formula is C16H22N4O2. The van der Waals surface area contributed by atoms with Crippen LogP contribution in [0.1, 0.15) is 24.6 Å². The van der Waals surface area contributed by atoms with Crippen molar-refractivity contribution in [3.63, 3.8) is 0 Å². The summed E-state index contributed by atoms with van der Waals surface area (Å²) in [5.74, 6) is 1.68. The van der Waals surface area contributed by atoms with Crippen molar-refractivity contribution >= 4 is 11.4 Å². The number of aryl methyl sites for hydroxylation is 1. The molecule has 22 heavy (non-hydrogen) atoms. The van der Waals surface area contributed by atoms with Gasteiger partial charge in [0.2, 0.25) is 5.89 Å². The highest BCUT2D eigenvalue weighted by Crippen LogP contribution is 2.29. The molecule has 2 aromatic rings. The smallest absolute Gasteiger partial charge is 0.245 e. The summed E-state index contributed by atoms with van der Waals surface area (Å²) in [6, 6.07) is 8.26. The van der Waals surface area contributed by atoms with Crippen molar-refractivity contribution in [3.8, 4) is 0 Å². The van der Waals surface area contributed by atoms with E-state index in [9.17, 15) is 5.11 Å². The van der Waals surface area contributed by atoms with E-state index >= 15 is 0 Å². The Kier molecular flexibility index (Phi) is 4.58. The Morgan fingerprint density at radius 1 is 1.32 bits per heavy atom. The fourth-order valence-electron chi connectivity index (χ4n) is 2.84. The van der Waals surface area contributed by atoms with E-state index in [1.165, 1.54) is 5.69 Å². The maximum absolute atomic E-state index is 9.26. The Morgan fingerprint density at radius 2 is 2.09 bits per heavy atom. The Balaban J connectivity index is 1.67. The van der Waals surface area contributed by atoms with Gasteiger partial charge in [-0.1, -0.05) is 17.3 Å². The zero-order chi connectivity index (χ0) is 15.4. The van der Waals surface area contributed by atoms with E-state index in [-0.39, 0.29) is 0 Å². The average molecular weight is 302 g/mol. The third kappa shape index (κ3) is 3.39. The summed E-state index contributed by atoms with van der Waals surface area (Å²) in [6.07, 6.45) is 2.07. The number of anilines is 2. The van der Waals surface area contributed by atoms with Crippen LogP contribution >= 0.6 is 0 Å². The molecule has 0 amide bonds. The predicted octanol–water partition coefficient (Wildman–Crippen LogP) is 2.20. The number of aliphatic hydroxyl groups excluding tert-OH is 1. The van der Waals surface area contributed by atoms with Gasteiger partial charge in [-0.2, -0.15) is 4.98 Å². The van der Waals surface area contributed by atoms with Gasteiger partial charge in [-0.05, 0) is 37.8 Å². The Morgan fingerprint density at radius 3 is 2.77 bits per heavy atom. The molecule has 1 aliphatic heterocycles. The second-order valence-electron chi connectivity index (χ2n) is 5.72. The Hall–Kier alpha value is -2.08. The molecule has 0 radical (unpaired) electrons. The average Bonchev–Trinajstić information content (AvgIpc) is 2.99. The normalized spacial score (nSPS) is 16.0. The molecule has 1 aromatic heterocycles. The summed E-state index contributed by atoms with van der Waals surface area (Å²) in [4.78, 5) is 6.58. The summed E-state index contributed by atoms with van der Waals surface area (Å²) in [5, 5.41) is 16.4. The number of para-hydroxylation sites is 2. The fraction of sp³-hybridized carbons (Fsp3) is 0.500. The number of hydrogen-bond donors (Lipinski definition) is 2. The van der Waals surface area contributed by atoms with Gasteiger partial charge in [-0.3, -0.25) is 0 Å². The number of nitrogens with zero attached hydrogens (tertiary/aromatic N) is 3. The summed E-state index contributed by atoms with van der Waals surface area (Å²) in [6.45, 7) is 4.58. The van der Waals surface area contributed by atoms with Gasteiger partial charge in [0.05, 0.1) is 17.9 Å². The fourth-order valence-corrected chi connectivity index (χ4v) is 2.84. The van der Waals surface area contributed by atoms with Crippen LogP contribution in [0.25, 0.3) is 0 Å². The maximum Gasteiger partial charge on any atom is 0.245 e. The van der Waals surface area contributed by atoms with Gasteiger partial charge in [0.25, 0.3) is 0 Å². The van der Waals surface area contributed by atoms with Crippen LogP contribution in [0.2, 0.25) is 0 Å². The lowest BCUT2D eigenvalue weighted by molar-refractivity contribution is 0.203. The van der Waals surface area contributed by atoms with E-state index in [0.717, 1.165) is 31.6 Å². The molecule has 0 unspecified atom stereocenters. The van der Waals surface area contributed by atoms with Crippen LogP contribution < -0.4 is 10.2 Å². The number of piperidine rings is 1. The molecule has 3 rings (SSSR count). The van der Waals surface area contributed by atoms with E-state index < -0.39 is 0 Å². The molecule has 2 heterocycles. The molecule has 0 atom stereocenters. The minimum atomic E-state index is 0.296. The highest BCUT2D eigenvalue weighted by Gasteiger charge is 2.20. The first-order chi connectivity index (χ1) is 10.8. The van der Waals surface area contributed by atoms with Gasteiger partial charge in [-0.25, -0.2) is 0 Å². The van der Waals surface area contributed by atoms with Crippen LogP contribution in [0.15, 0.2) is 28.8 Å². The van der Waals surface area contributed by atoms with Gasteiger partial charge in [0, 0.05) is 19.7 Å². The lowest BCUT2D eigenvalue weighted by Gasteiger charge is -2.34. The molecule has 0 bridgehead atoms. The molecule has 1 saturated heterocycles. The van der Waals surface area contributed by atoms with Crippen molar-refractivity contribution in [2.24, 2.45) is 5.92 Å². The molecule has 118 valence electrons. The van der Waals surface area contributed by atoms with Crippen molar-refractivity contribution in [1.29, 1.82) is 0 Å². The number of benzene rings is 1. The summed E-state index contributed by atoms with van der Waals surface area (Å²) >= 11 is 0. The lowest BCUT2D eigenvalue weighted by atomic mass is 9.97. The van der Waals surface area contributed by atoms with Crippen LogP contribution in [-0.2, 0) is 6.54 Å². The minimum absolute atomic E-state index is 0.296. The van der Waals surface area contributed by atoms with Crippen molar-refractivity contribution < 1.29 is 9.63 Å². The van der Waals surface area contributed by atoms with E-state index in [4.69, 9.17) is 4.52 Å². The molecule has 0 saturated carbocycles. The van der Waals surface area contributed by atoms with Gasteiger partial charge in [-0.15, -0.1) is 0 Å². The molecule has 1 fully saturated rings. The highest BCUT2D eigenvalue weighted by molar-refractivity contribution is 5.70. The topological polar surface area (TPSA) is 74.4 Å². The SMILES string of the molecule is Cc1noc(CNc2ccccc2N2CCC(CO)CC2)n1. The molecule has 2 N–H and O–H groups in total. The van der Waals surface area contributed by atoms with Crippen LogP contribution in [0.4, 0.5) is 11.4 Å². The van der Waals surface area contributed by atoms with Gasteiger partial charge < -0.3 is 19.8 Å². The Bertz CT molecular complexity index is 606. The molecule has 0 aliphatic carbocycles. The van der Waals surface area contributed by atoms with Crippen LogP contribution in [0.3, 0.4) is 0 Å². The number of aromatic nitrogens is 2. The van der Waals surface area contributed by atoms with E-state index in [1.54, 1.807) is 0 Å². The zero-order valence-electron chi connectivity index (χ0n) is 12.8. The third-order valence-electron chi connectivity index (χ3n) is 4.12. The van der Waals surface area contributed by atoms with E-state index in [2.05, 4.69) is 38.6 Å². The molecule has 1 aliphatic rings. The first-order valence-electron chi connectivity index (χ1n) is 7.74. The maximum atomic E-state index is 9.26. The van der Waals surface area contributed by atoms with E-state index in [0.29, 0.717) is 30.8 Å². The van der Waals surface area contributed by atoms with Crippen molar-refractivity contribution in [1.82, 2.24) is 10.1 Å². The first kappa shape index (κ1) is 14.8. The van der Waals surface area contributed by atoms with Crippen LogP contribution in [0, 0.1) is 12.8 Å². The van der Waals surface area contributed by atoms with Crippen molar-refractivity contribution in [3.05, 3.63) is 36.0 Å². The van der Waals surface area contributed by atoms with Crippen molar-refractivity contribution in [2.75, 3.05) is 29.9 Å². The summed E-state index contributed by atoms with van der Waals surface area (Å²) in [5.41, 5.74) is 2.26. The monoisotopic (exact) mass is 302 g/mol. The summed E-state index contributed by atoms with van der Waals surface area (Å²) < 4.78 is 5.13. The largest absolute Gasteiger partial charge is 0.396 e. The van der Waals surface area contributed by atoms with Crippen molar-refractivity contribution in [2.45, 2.75) is 26.3 Å².